The maximum absolute atomic E-state index is 13.6. The van der Waals surface area contributed by atoms with E-state index in [0.717, 1.165) is 32.1 Å². The molecular weight excluding hydrogens is 474 g/mol. The van der Waals surface area contributed by atoms with Crippen LogP contribution in [0.2, 0.25) is 0 Å². The molecule has 37 heavy (non-hydrogen) atoms. The van der Waals surface area contributed by atoms with Crippen LogP contribution in [0.25, 0.3) is 6.20 Å². The van der Waals surface area contributed by atoms with E-state index in [0.29, 0.717) is 24.0 Å². The molecule has 2 atom stereocenters. The Morgan fingerprint density at radius 1 is 1.22 bits per heavy atom. The summed E-state index contributed by atoms with van der Waals surface area (Å²) in [5.74, 6) is 1.28. The van der Waals surface area contributed by atoms with Crippen molar-refractivity contribution < 1.29 is 24.0 Å². The minimum Gasteiger partial charge on any atom is -0.477 e. The van der Waals surface area contributed by atoms with Crippen LogP contribution in [-0.2, 0) is 14.4 Å². The highest BCUT2D eigenvalue weighted by atomic mass is 16.6. The van der Waals surface area contributed by atoms with Crippen molar-refractivity contribution in [2.75, 3.05) is 13.7 Å². The fourth-order valence-electron chi connectivity index (χ4n) is 6.72. The van der Waals surface area contributed by atoms with Crippen LogP contribution in [-0.4, -0.2) is 52.8 Å². The van der Waals surface area contributed by atoms with Crippen LogP contribution in [0.3, 0.4) is 0 Å². The smallest absolute Gasteiger partial charge is 0.258 e. The lowest BCUT2D eigenvalue weighted by Gasteiger charge is -2.59. The number of amides is 3. The molecule has 3 amide bonds. The molecule has 1 aromatic heterocycles. The second-order valence-electron chi connectivity index (χ2n) is 12.1. The zero-order valence-corrected chi connectivity index (χ0v) is 22.8. The molecule has 3 N–H and O–H groups in total. The molecule has 1 aromatic rings. The van der Waals surface area contributed by atoms with E-state index in [1.807, 2.05) is 33.8 Å². The molecular formula is C27H41N5O5. The first kappa shape index (κ1) is 27.2. The zero-order chi connectivity index (χ0) is 27.0. The molecule has 0 spiro atoms. The number of ether oxygens (including phenoxy) is 1. The van der Waals surface area contributed by atoms with E-state index in [1.54, 1.807) is 10.9 Å². The van der Waals surface area contributed by atoms with Gasteiger partial charge in [-0.3, -0.25) is 19.2 Å². The Kier molecular flexibility index (Phi) is 7.69. The monoisotopic (exact) mass is 515 g/mol. The van der Waals surface area contributed by atoms with E-state index in [4.69, 9.17) is 9.57 Å². The quantitative estimate of drug-likeness (QED) is 0.412. The molecule has 0 radical (unpaired) electrons. The van der Waals surface area contributed by atoms with Crippen molar-refractivity contribution in [1.29, 1.82) is 0 Å². The van der Waals surface area contributed by atoms with Crippen molar-refractivity contribution in [1.82, 2.24) is 25.9 Å². The third kappa shape index (κ3) is 5.84. The molecule has 4 bridgehead atoms. The largest absolute Gasteiger partial charge is 0.477 e. The third-order valence-corrected chi connectivity index (χ3v) is 7.93. The minimum atomic E-state index is -0.596. The van der Waals surface area contributed by atoms with Crippen molar-refractivity contribution in [3.8, 4) is 5.88 Å². The Hall–Kier alpha value is -2.88. The first-order valence-electron chi connectivity index (χ1n) is 13.3. The Labute approximate surface area is 218 Å². The summed E-state index contributed by atoms with van der Waals surface area (Å²) in [5, 5.41) is 10.6. The number of hydroxylamine groups is 1. The Bertz CT molecular complexity index is 1050. The molecule has 4 aliphatic carbocycles. The van der Waals surface area contributed by atoms with Crippen molar-refractivity contribution >= 4 is 23.9 Å². The van der Waals surface area contributed by atoms with Crippen molar-refractivity contribution in [2.24, 2.45) is 29.1 Å². The van der Waals surface area contributed by atoms with Crippen LogP contribution >= 0.6 is 0 Å². The number of nitrogens with zero attached hydrogens (tertiary/aromatic N) is 2. The van der Waals surface area contributed by atoms with Crippen LogP contribution in [0.1, 0.15) is 77.1 Å². The third-order valence-electron chi connectivity index (χ3n) is 7.93. The number of carbonyl (C=O) groups is 3. The van der Waals surface area contributed by atoms with Gasteiger partial charge in [0.15, 0.2) is 0 Å². The van der Waals surface area contributed by atoms with Crippen molar-refractivity contribution in [2.45, 2.75) is 78.3 Å². The molecule has 2 unspecified atom stereocenters. The summed E-state index contributed by atoms with van der Waals surface area (Å²) in [7, 11) is 1.47. The lowest BCUT2D eigenvalue weighted by molar-refractivity contribution is -0.159. The molecule has 0 aliphatic heterocycles. The fourth-order valence-corrected chi connectivity index (χ4v) is 6.72. The summed E-state index contributed by atoms with van der Waals surface area (Å²) in [6, 6.07) is 0.0167. The molecule has 0 aromatic carbocycles. The van der Waals surface area contributed by atoms with E-state index < -0.39 is 11.0 Å². The van der Waals surface area contributed by atoms with Gasteiger partial charge in [-0.1, -0.05) is 13.8 Å². The summed E-state index contributed by atoms with van der Waals surface area (Å²) in [6.07, 6.45) is 9.54. The summed E-state index contributed by atoms with van der Waals surface area (Å²) >= 11 is 0. The van der Waals surface area contributed by atoms with E-state index in [1.165, 1.54) is 20.2 Å². The Morgan fingerprint density at radius 3 is 2.49 bits per heavy atom. The van der Waals surface area contributed by atoms with Gasteiger partial charge in [0, 0.05) is 19.2 Å². The lowest BCUT2D eigenvalue weighted by atomic mass is 9.47. The van der Waals surface area contributed by atoms with Crippen LogP contribution in [0, 0.1) is 29.1 Å². The van der Waals surface area contributed by atoms with Crippen LogP contribution < -0.4 is 20.9 Å². The summed E-state index contributed by atoms with van der Waals surface area (Å²) in [6.45, 7) is 9.74. The van der Waals surface area contributed by atoms with E-state index in [2.05, 4.69) is 21.2 Å². The standard InChI is InChI=1S/C27H41N5O5/c1-16(2)15-37-24-21(14-28-32(24)8-7-26(4,5)30-17(3)33)23(34)29-22-19-9-18-10-20(22)13-27(11-18,12-19)25(35)31-36-6/h7-8,14,16,18-20,22H,9-13,15H2,1-6H3,(H,29,34)(H,30,33)(H,31,35)/b8-7+. The van der Waals surface area contributed by atoms with Gasteiger partial charge >= 0.3 is 0 Å². The predicted octanol–water partition coefficient (Wildman–Crippen LogP) is 2.91. The molecule has 4 saturated carbocycles. The Morgan fingerprint density at radius 2 is 1.89 bits per heavy atom. The SMILES string of the molecule is CONC(=O)C12CC3CC(C1)C(NC(=O)c1cnn(/C=C/C(C)(C)NC(C)=O)c1OCC(C)C)C(C3)C2. The highest BCUT2D eigenvalue weighted by Crippen LogP contribution is 2.60. The van der Waals surface area contributed by atoms with Gasteiger partial charge in [0.05, 0.1) is 30.9 Å². The van der Waals surface area contributed by atoms with Gasteiger partial charge in [-0.05, 0) is 75.7 Å². The van der Waals surface area contributed by atoms with E-state index in [9.17, 15) is 14.4 Å². The second kappa shape index (κ2) is 10.5. The molecule has 4 aliphatic rings. The minimum absolute atomic E-state index is 0.0167. The van der Waals surface area contributed by atoms with Gasteiger partial charge in [-0.15, -0.1) is 0 Å². The first-order valence-corrected chi connectivity index (χ1v) is 13.3. The van der Waals surface area contributed by atoms with Gasteiger partial charge in [0.2, 0.25) is 17.7 Å². The van der Waals surface area contributed by atoms with Crippen molar-refractivity contribution in [3.63, 3.8) is 0 Å². The van der Waals surface area contributed by atoms with Gasteiger partial charge in [0.25, 0.3) is 5.91 Å². The number of carbonyl (C=O) groups excluding carboxylic acids is 3. The van der Waals surface area contributed by atoms with E-state index in [-0.39, 0.29) is 41.5 Å². The first-order chi connectivity index (χ1) is 17.4. The molecule has 5 rings (SSSR count). The van der Waals surface area contributed by atoms with Gasteiger partial charge in [-0.25, -0.2) is 10.2 Å². The van der Waals surface area contributed by atoms with Crippen molar-refractivity contribution in [3.05, 3.63) is 17.8 Å². The van der Waals surface area contributed by atoms with E-state index >= 15 is 0 Å². The molecule has 1 heterocycles. The number of nitrogens with one attached hydrogen (secondary N) is 3. The second-order valence-corrected chi connectivity index (χ2v) is 12.1. The lowest BCUT2D eigenvalue weighted by Crippen LogP contribution is -2.62. The highest BCUT2D eigenvalue weighted by molar-refractivity contribution is 5.96. The number of aromatic nitrogens is 2. The maximum Gasteiger partial charge on any atom is 0.258 e. The average molecular weight is 516 g/mol. The highest BCUT2D eigenvalue weighted by Gasteiger charge is 2.58. The van der Waals surface area contributed by atoms with Gasteiger partial charge in [0.1, 0.15) is 5.56 Å². The summed E-state index contributed by atoms with van der Waals surface area (Å²) < 4.78 is 7.60. The fraction of sp³-hybridized carbons (Fsp3) is 0.704. The molecule has 10 heteroatoms. The Balaban J connectivity index is 1.52. The van der Waals surface area contributed by atoms with Crippen LogP contribution in [0.15, 0.2) is 12.3 Å². The normalized spacial score (nSPS) is 28.5. The number of hydrogen-bond donors (Lipinski definition) is 3. The summed E-state index contributed by atoms with van der Waals surface area (Å²) in [5.41, 5.74) is 1.96. The average Bonchev–Trinajstić information content (AvgIpc) is 3.20. The topological polar surface area (TPSA) is 124 Å². The van der Waals surface area contributed by atoms with Gasteiger partial charge < -0.3 is 15.4 Å². The van der Waals surface area contributed by atoms with Gasteiger partial charge in [-0.2, -0.15) is 5.10 Å². The predicted molar refractivity (Wildman–Crippen MR) is 138 cm³/mol. The molecule has 10 nitrogen and oxygen atoms in total. The number of hydrogen-bond acceptors (Lipinski definition) is 6. The molecule has 204 valence electrons. The maximum atomic E-state index is 13.6. The zero-order valence-electron chi connectivity index (χ0n) is 22.8. The van der Waals surface area contributed by atoms with Crippen LogP contribution in [0.4, 0.5) is 0 Å². The number of rotatable bonds is 10. The molecule has 0 saturated heterocycles. The van der Waals surface area contributed by atoms with Crippen LogP contribution in [0.5, 0.6) is 5.88 Å². The molecule has 4 fully saturated rings. The summed E-state index contributed by atoms with van der Waals surface area (Å²) in [4.78, 5) is 42.8.